The van der Waals surface area contributed by atoms with Gasteiger partial charge >= 0.3 is 0 Å². The molecular weight excluding hydrogens is 282 g/mol. The lowest BCUT2D eigenvalue weighted by Crippen LogP contribution is -2.38. The molecular formula is C16H19N3OS. The second-order valence-corrected chi connectivity index (χ2v) is 6.68. The van der Waals surface area contributed by atoms with Gasteiger partial charge in [-0.15, -0.1) is 11.3 Å². The van der Waals surface area contributed by atoms with Gasteiger partial charge in [-0.1, -0.05) is 6.07 Å². The number of pyridine rings is 1. The van der Waals surface area contributed by atoms with Crippen molar-refractivity contribution in [3.63, 3.8) is 0 Å². The largest absolute Gasteiger partial charge is 0.332 e. The summed E-state index contributed by atoms with van der Waals surface area (Å²) in [6.07, 6.45) is 3.99. The topological polar surface area (TPSA) is 46.1 Å². The Kier molecular flexibility index (Phi) is 3.76. The van der Waals surface area contributed by atoms with Crippen molar-refractivity contribution in [3.8, 4) is 10.7 Å². The third kappa shape index (κ3) is 2.83. The molecule has 0 radical (unpaired) electrons. The number of nitrogens with zero attached hydrogens (tertiary/aromatic N) is 3. The number of hydrogen-bond donors (Lipinski definition) is 0. The van der Waals surface area contributed by atoms with E-state index >= 15 is 0 Å². The lowest BCUT2D eigenvalue weighted by atomic mass is 10.2. The van der Waals surface area contributed by atoms with Gasteiger partial charge in [0, 0.05) is 18.3 Å². The van der Waals surface area contributed by atoms with Gasteiger partial charge in [0.15, 0.2) is 0 Å². The van der Waals surface area contributed by atoms with Gasteiger partial charge in [-0.25, -0.2) is 4.98 Å². The highest BCUT2D eigenvalue weighted by atomic mass is 32.1. The van der Waals surface area contributed by atoms with Crippen molar-refractivity contribution in [2.75, 3.05) is 0 Å². The minimum absolute atomic E-state index is 0.115. The summed E-state index contributed by atoms with van der Waals surface area (Å²) in [6.45, 7) is 6.06. The molecule has 4 nitrogen and oxygen atoms in total. The van der Waals surface area contributed by atoms with Gasteiger partial charge in [-0.05, 0) is 45.7 Å². The molecule has 0 N–H and O–H groups in total. The number of amides is 1. The van der Waals surface area contributed by atoms with Crippen LogP contribution in [0.15, 0.2) is 24.4 Å². The Bertz CT molecular complexity index is 645. The molecule has 0 aromatic carbocycles. The first-order valence-corrected chi connectivity index (χ1v) is 8.11. The average Bonchev–Trinajstić information content (AvgIpc) is 3.21. The van der Waals surface area contributed by atoms with Crippen molar-refractivity contribution < 1.29 is 4.79 Å². The Labute approximate surface area is 128 Å². The number of carbonyl (C=O) groups excluding carboxylic acids is 1. The van der Waals surface area contributed by atoms with Gasteiger partial charge in [-0.2, -0.15) is 0 Å². The quantitative estimate of drug-likeness (QED) is 0.868. The van der Waals surface area contributed by atoms with Gasteiger partial charge < -0.3 is 4.90 Å². The number of thiazole rings is 1. The fourth-order valence-corrected chi connectivity index (χ4v) is 3.47. The van der Waals surface area contributed by atoms with Gasteiger partial charge in [0.1, 0.15) is 9.88 Å². The van der Waals surface area contributed by atoms with E-state index in [1.807, 2.05) is 30.0 Å². The second-order valence-electron chi connectivity index (χ2n) is 5.69. The molecule has 0 unspecified atom stereocenters. The van der Waals surface area contributed by atoms with Gasteiger partial charge in [-0.3, -0.25) is 9.78 Å². The van der Waals surface area contributed by atoms with Crippen LogP contribution in [0.3, 0.4) is 0 Å². The van der Waals surface area contributed by atoms with Crippen molar-refractivity contribution in [1.29, 1.82) is 0 Å². The summed E-state index contributed by atoms with van der Waals surface area (Å²) < 4.78 is 0. The third-order valence-electron chi connectivity index (χ3n) is 3.61. The van der Waals surface area contributed by atoms with Crippen molar-refractivity contribution in [3.05, 3.63) is 35.0 Å². The first-order valence-electron chi connectivity index (χ1n) is 7.29. The van der Waals surface area contributed by atoms with Crippen LogP contribution in [0, 0.1) is 6.92 Å². The molecule has 21 heavy (non-hydrogen) atoms. The molecule has 110 valence electrons. The normalized spacial score (nSPS) is 14.5. The van der Waals surface area contributed by atoms with Crippen LogP contribution in [0.1, 0.15) is 42.1 Å². The highest BCUT2D eigenvalue weighted by Crippen LogP contribution is 2.33. The van der Waals surface area contributed by atoms with E-state index in [2.05, 4.69) is 23.8 Å². The highest BCUT2D eigenvalue weighted by Gasteiger charge is 2.36. The fourth-order valence-electron chi connectivity index (χ4n) is 2.49. The number of hydrogen-bond acceptors (Lipinski definition) is 4. The molecule has 0 aliphatic heterocycles. The summed E-state index contributed by atoms with van der Waals surface area (Å²) in [5, 5.41) is 0.816. The Hall–Kier alpha value is -1.75. The van der Waals surface area contributed by atoms with E-state index in [4.69, 9.17) is 0 Å². The van der Waals surface area contributed by atoms with Crippen LogP contribution in [0.2, 0.25) is 0 Å². The maximum atomic E-state index is 12.8. The minimum Gasteiger partial charge on any atom is -0.332 e. The van der Waals surface area contributed by atoms with Gasteiger partial charge in [0.05, 0.1) is 11.4 Å². The molecule has 1 aliphatic carbocycles. The van der Waals surface area contributed by atoms with E-state index < -0.39 is 0 Å². The van der Waals surface area contributed by atoms with E-state index in [9.17, 15) is 4.79 Å². The monoisotopic (exact) mass is 301 g/mol. The predicted molar refractivity (Wildman–Crippen MR) is 84.4 cm³/mol. The van der Waals surface area contributed by atoms with Crippen LogP contribution in [-0.4, -0.2) is 32.9 Å². The number of rotatable bonds is 4. The van der Waals surface area contributed by atoms with Crippen LogP contribution in [0.4, 0.5) is 0 Å². The Balaban J connectivity index is 1.92. The summed E-state index contributed by atoms with van der Waals surface area (Å²) in [5.41, 5.74) is 1.63. The van der Waals surface area contributed by atoms with Crippen LogP contribution in [0.25, 0.3) is 10.7 Å². The standard InChI is InChI=1S/C16H19N3OS/c1-10(2)19(12-7-8-12)16(20)14-11(3)18-15(21-14)13-6-4-5-9-17-13/h4-6,9-10,12H,7-8H2,1-3H3. The fraction of sp³-hybridized carbons (Fsp3) is 0.438. The zero-order chi connectivity index (χ0) is 15.0. The first kappa shape index (κ1) is 14.2. The van der Waals surface area contributed by atoms with E-state index in [1.165, 1.54) is 11.3 Å². The second kappa shape index (κ2) is 5.56. The summed E-state index contributed by atoms with van der Waals surface area (Å²) in [6, 6.07) is 6.38. The smallest absolute Gasteiger partial charge is 0.266 e. The SMILES string of the molecule is Cc1nc(-c2ccccn2)sc1C(=O)N(C(C)C)C1CC1. The number of aromatic nitrogens is 2. The molecule has 2 heterocycles. The lowest BCUT2D eigenvalue weighted by Gasteiger charge is -2.26. The minimum atomic E-state index is 0.115. The average molecular weight is 301 g/mol. The maximum Gasteiger partial charge on any atom is 0.266 e. The molecule has 0 bridgehead atoms. The molecule has 2 aromatic rings. The molecule has 3 rings (SSSR count). The highest BCUT2D eigenvalue weighted by molar-refractivity contribution is 7.17. The van der Waals surface area contributed by atoms with E-state index in [0.29, 0.717) is 6.04 Å². The number of carbonyl (C=O) groups is 1. The summed E-state index contributed by atoms with van der Waals surface area (Å²) in [7, 11) is 0. The zero-order valence-electron chi connectivity index (χ0n) is 12.5. The molecule has 1 saturated carbocycles. The molecule has 1 aliphatic rings. The van der Waals surface area contributed by atoms with E-state index in [1.54, 1.807) is 6.20 Å². The summed E-state index contributed by atoms with van der Waals surface area (Å²) in [4.78, 5) is 24.4. The maximum absolute atomic E-state index is 12.8. The van der Waals surface area contributed by atoms with Gasteiger partial charge in [0.25, 0.3) is 5.91 Å². The molecule has 5 heteroatoms. The molecule has 0 saturated heterocycles. The lowest BCUT2D eigenvalue weighted by molar-refractivity contribution is 0.0694. The van der Waals surface area contributed by atoms with Crippen LogP contribution in [0.5, 0.6) is 0 Å². The number of aryl methyl sites for hydroxylation is 1. The van der Waals surface area contributed by atoms with Crippen molar-refractivity contribution in [1.82, 2.24) is 14.9 Å². The van der Waals surface area contributed by atoms with E-state index in [0.717, 1.165) is 34.1 Å². The van der Waals surface area contributed by atoms with Crippen LogP contribution in [-0.2, 0) is 0 Å². The molecule has 2 aromatic heterocycles. The molecule has 1 amide bonds. The van der Waals surface area contributed by atoms with Crippen molar-refractivity contribution in [2.45, 2.75) is 45.7 Å². The summed E-state index contributed by atoms with van der Waals surface area (Å²) in [5.74, 6) is 0.115. The summed E-state index contributed by atoms with van der Waals surface area (Å²) >= 11 is 1.45. The van der Waals surface area contributed by atoms with Crippen molar-refractivity contribution >= 4 is 17.2 Å². The molecule has 0 spiro atoms. The molecule has 0 atom stereocenters. The first-order chi connectivity index (χ1) is 10.1. The van der Waals surface area contributed by atoms with Gasteiger partial charge in [0.2, 0.25) is 0 Å². The zero-order valence-corrected chi connectivity index (χ0v) is 13.4. The van der Waals surface area contributed by atoms with E-state index in [-0.39, 0.29) is 11.9 Å². The Morgan fingerprint density at radius 2 is 2.14 bits per heavy atom. The Morgan fingerprint density at radius 3 is 2.71 bits per heavy atom. The third-order valence-corrected chi connectivity index (χ3v) is 4.77. The van der Waals surface area contributed by atoms with Crippen LogP contribution < -0.4 is 0 Å². The molecule has 1 fully saturated rings. The van der Waals surface area contributed by atoms with Crippen LogP contribution >= 0.6 is 11.3 Å². The Morgan fingerprint density at radius 1 is 1.38 bits per heavy atom. The predicted octanol–water partition coefficient (Wildman–Crippen LogP) is 3.53. The van der Waals surface area contributed by atoms with Crippen molar-refractivity contribution in [2.24, 2.45) is 0 Å².